The van der Waals surface area contributed by atoms with Gasteiger partial charge in [0, 0.05) is 17.8 Å². The molecule has 4 aromatic rings. The molecule has 0 bridgehead atoms. The molecule has 1 N–H and O–H groups in total. The second-order valence-corrected chi connectivity index (χ2v) is 9.48. The molecule has 12 heteroatoms. The average Bonchev–Trinajstić information content (AvgIpc) is 3.12. The van der Waals surface area contributed by atoms with E-state index in [1.165, 1.54) is 18.3 Å². The Morgan fingerprint density at radius 3 is 2.49 bits per heavy atom. The third-order valence-corrected chi connectivity index (χ3v) is 6.90. The molecule has 0 unspecified atom stereocenters. The maximum absolute atomic E-state index is 14.4. The Morgan fingerprint density at radius 1 is 1.17 bits per heavy atom. The minimum absolute atomic E-state index is 0.0923. The van der Waals surface area contributed by atoms with E-state index < -0.39 is 33.0 Å². The molecule has 4 rings (SSSR count). The number of rotatable bonds is 5. The molecular formula is C23H17F4N5O2S. The lowest BCUT2D eigenvalue weighted by molar-refractivity contribution is -0.147. The van der Waals surface area contributed by atoms with Crippen LogP contribution in [0.4, 0.5) is 17.6 Å². The van der Waals surface area contributed by atoms with Crippen LogP contribution in [0.25, 0.3) is 28.0 Å². The lowest BCUT2D eigenvalue weighted by Crippen LogP contribution is -2.42. The minimum atomic E-state index is -4.76. The number of hydrogen-bond acceptors (Lipinski definition) is 5. The predicted molar refractivity (Wildman–Crippen MR) is 120 cm³/mol. The maximum atomic E-state index is 14.4. The zero-order chi connectivity index (χ0) is 25.5. The predicted octanol–water partition coefficient (Wildman–Crippen LogP) is 4.64. The summed E-state index contributed by atoms with van der Waals surface area (Å²) in [5, 5.41) is 10.2. The van der Waals surface area contributed by atoms with Crippen molar-refractivity contribution < 1.29 is 26.0 Å². The van der Waals surface area contributed by atoms with Crippen LogP contribution in [0.15, 0.2) is 59.9 Å². The zero-order valence-corrected chi connectivity index (χ0v) is 19.1. The molecular weight excluding hydrogens is 486 g/mol. The number of halogens is 4. The second-order valence-electron chi connectivity index (χ2n) is 7.76. The van der Waals surface area contributed by atoms with Crippen LogP contribution in [0.3, 0.4) is 0 Å². The molecule has 0 saturated carbocycles. The lowest BCUT2D eigenvalue weighted by atomic mass is 10.1. The van der Waals surface area contributed by atoms with Gasteiger partial charge in [-0.2, -0.15) is 23.2 Å². The third kappa shape index (κ3) is 4.48. The van der Waals surface area contributed by atoms with Gasteiger partial charge in [-0.3, -0.25) is 9.97 Å². The number of nitrogens with zero attached hydrogens (tertiary/aromatic N) is 4. The highest BCUT2D eigenvalue weighted by Gasteiger charge is 2.39. The quantitative estimate of drug-likeness (QED) is 0.400. The molecule has 180 valence electrons. The van der Waals surface area contributed by atoms with Crippen molar-refractivity contribution in [3.63, 3.8) is 0 Å². The third-order valence-electron chi connectivity index (χ3n) is 5.38. The molecule has 35 heavy (non-hydrogen) atoms. The van der Waals surface area contributed by atoms with Crippen molar-refractivity contribution in [2.45, 2.75) is 31.0 Å². The minimum Gasteiger partial charge on any atom is -0.305 e. The van der Waals surface area contributed by atoms with Crippen LogP contribution >= 0.6 is 0 Å². The molecule has 3 aromatic heterocycles. The number of pyridine rings is 2. The van der Waals surface area contributed by atoms with Gasteiger partial charge >= 0.3 is 6.18 Å². The topological polar surface area (TPSA) is 101 Å². The number of alkyl halides is 3. The highest BCUT2D eigenvalue weighted by Crippen LogP contribution is 2.36. The van der Waals surface area contributed by atoms with E-state index in [-0.39, 0.29) is 17.0 Å². The summed E-state index contributed by atoms with van der Waals surface area (Å²) in [6.07, 6.45) is -0.777. The molecule has 0 spiro atoms. The van der Waals surface area contributed by atoms with Gasteiger partial charge in [-0.15, -0.1) is 0 Å². The molecule has 1 atom stereocenters. The second kappa shape index (κ2) is 8.75. The summed E-state index contributed by atoms with van der Waals surface area (Å²) in [6, 6.07) is 8.32. The molecule has 7 nitrogen and oxygen atoms in total. The fourth-order valence-electron chi connectivity index (χ4n) is 3.57. The van der Waals surface area contributed by atoms with Gasteiger partial charge in [0.25, 0.3) is 0 Å². The van der Waals surface area contributed by atoms with Crippen LogP contribution in [-0.4, -0.2) is 35.2 Å². The van der Waals surface area contributed by atoms with E-state index in [1.54, 1.807) is 40.6 Å². The molecule has 0 aliphatic carbocycles. The van der Waals surface area contributed by atoms with E-state index in [1.807, 2.05) is 0 Å². The van der Waals surface area contributed by atoms with Crippen molar-refractivity contribution in [3.05, 3.63) is 71.9 Å². The number of nitriles is 1. The summed E-state index contributed by atoms with van der Waals surface area (Å²) < 4.78 is 80.9. The molecule has 0 aliphatic heterocycles. The average molecular weight is 503 g/mol. The Morgan fingerprint density at radius 2 is 1.91 bits per heavy atom. The zero-order valence-electron chi connectivity index (χ0n) is 18.3. The number of fused-ring (bicyclic) bond motifs is 1. The highest BCUT2D eigenvalue weighted by molar-refractivity contribution is 7.89. The smallest absolute Gasteiger partial charge is 0.305 e. The number of benzene rings is 1. The number of aromatic nitrogens is 3. The monoisotopic (exact) mass is 503 g/mol. The molecule has 0 amide bonds. The van der Waals surface area contributed by atoms with Gasteiger partial charge in [0.15, 0.2) is 0 Å². The molecule has 1 aromatic carbocycles. The van der Waals surface area contributed by atoms with Crippen LogP contribution in [0, 0.1) is 24.1 Å². The van der Waals surface area contributed by atoms with Gasteiger partial charge in [-0.05, 0) is 55.8 Å². The number of aryl methyl sites for hydroxylation is 1. The normalized spacial score (nSPS) is 13.1. The lowest BCUT2D eigenvalue weighted by Gasteiger charge is -2.17. The number of hydrogen-bond donors (Lipinski definition) is 1. The van der Waals surface area contributed by atoms with Gasteiger partial charge in [-0.25, -0.2) is 12.8 Å². The standard InChI is InChI=1S/C23H17F4N5O2S/c1-13-8-21-17(9-19(13)24)18(10-28)22(32(21)15-4-3-7-29-11-15)20-6-5-16(12-30-20)35(33,34)31-14(2)23(25,26)27/h3-9,11-12,14,31H,1-2H3/t14-/m0/s1. The van der Waals surface area contributed by atoms with E-state index >= 15 is 0 Å². The molecule has 3 heterocycles. The fraction of sp³-hybridized carbons (Fsp3) is 0.174. The van der Waals surface area contributed by atoms with Crippen molar-refractivity contribution in [2.75, 3.05) is 0 Å². The Labute approximate surface area is 197 Å². The molecule has 0 aliphatic rings. The first-order valence-corrected chi connectivity index (χ1v) is 11.6. The first kappa shape index (κ1) is 24.3. The van der Waals surface area contributed by atoms with Crippen molar-refractivity contribution in [3.8, 4) is 23.1 Å². The number of nitrogens with one attached hydrogen (secondary N) is 1. The summed E-state index contributed by atoms with van der Waals surface area (Å²) in [6.45, 7) is 2.26. The Balaban J connectivity index is 1.90. The van der Waals surface area contributed by atoms with Gasteiger partial charge in [0.05, 0.1) is 34.4 Å². The maximum Gasteiger partial charge on any atom is 0.404 e. The van der Waals surface area contributed by atoms with Crippen LogP contribution < -0.4 is 4.72 Å². The van der Waals surface area contributed by atoms with Gasteiger partial charge in [0.2, 0.25) is 10.0 Å². The summed E-state index contributed by atoms with van der Waals surface area (Å²) in [4.78, 5) is 7.74. The van der Waals surface area contributed by atoms with Gasteiger partial charge in [0.1, 0.15) is 22.8 Å². The summed E-state index contributed by atoms with van der Waals surface area (Å²) in [5.74, 6) is -0.511. The van der Waals surface area contributed by atoms with Crippen LogP contribution in [0.2, 0.25) is 0 Å². The van der Waals surface area contributed by atoms with Gasteiger partial charge in [-0.1, -0.05) is 0 Å². The van der Waals surface area contributed by atoms with E-state index in [0.29, 0.717) is 29.1 Å². The Bertz CT molecular complexity index is 1560. The van der Waals surface area contributed by atoms with Crippen molar-refractivity contribution in [1.82, 2.24) is 19.3 Å². The first-order chi connectivity index (χ1) is 16.4. The van der Waals surface area contributed by atoms with E-state index in [2.05, 4.69) is 16.0 Å². The number of sulfonamides is 1. The van der Waals surface area contributed by atoms with Crippen LogP contribution in [0.5, 0.6) is 0 Å². The van der Waals surface area contributed by atoms with Crippen molar-refractivity contribution in [1.29, 1.82) is 5.26 Å². The van der Waals surface area contributed by atoms with Crippen LogP contribution in [0.1, 0.15) is 18.1 Å². The molecule has 0 radical (unpaired) electrons. The first-order valence-electron chi connectivity index (χ1n) is 10.1. The van der Waals surface area contributed by atoms with E-state index in [9.17, 15) is 31.2 Å². The highest BCUT2D eigenvalue weighted by atomic mass is 32.2. The Kier molecular flexibility index (Phi) is 6.08. The SMILES string of the molecule is Cc1cc2c(cc1F)c(C#N)c(-c1ccc(S(=O)(=O)N[C@@H](C)C(F)(F)F)cn1)n2-c1cccnc1. The Hall–Kier alpha value is -3.82. The summed E-state index contributed by atoms with van der Waals surface area (Å²) in [5.41, 5.74) is 1.88. The van der Waals surface area contributed by atoms with Gasteiger partial charge < -0.3 is 4.57 Å². The van der Waals surface area contributed by atoms with E-state index in [0.717, 1.165) is 12.3 Å². The fourth-order valence-corrected chi connectivity index (χ4v) is 4.74. The van der Waals surface area contributed by atoms with Crippen molar-refractivity contribution in [2.24, 2.45) is 0 Å². The van der Waals surface area contributed by atoms with E-state index in [4.69, 9.17) is 0 Å². The largest absolute Gasteiger partial charge is 0.404 e. The molecule has 0 fully saturated rings. The summed E-state index contributed by atoms with van der Waals surface area (Å²) >= 11 is 0. The van der Waals surface area contributed by atoms with Crippen LogP contribution in [-0.2, 0) is 10.0 Å². The summed E-state index contributed by atoms with van der Waals surface area (Å²) in [7, 11) is -4.52. The van der Waals surface area contributed by atoms with Crippen molar-refractivity contribution >= 4 is 20.9 Å². The molecule has 0 saturated heterocycles.